The first-order valence-electron chi connectivity index (χ1n) is 6.68. The van der Waals surface area contributed by atoms with E-state index >= 15 is 0 Å². The molecule has 1 aromatic heterocycles. The van der Waals surface area contributed by atoms with Crippen LogP contribution in [-0.4, -0.2) is 26.5 Å². The summed E-state index contributed by atoms with van der Waals surface area (Å²) in [7, 11) is 0. The van der Waals surface area contributed by atoms with Gasteiger partial charge >= 0.3 is 5.97 Å². The summed E-state index contributed by atoms with van der Waals surface area (Å²) in [6.07, 6.45) is 0. The largest absolute Gasteiger partial charge is 0.478 e. The first kappa shape index (κ1) is 15.0. The number of carbonyl (C=O) groups excluding carboxylic acids is 1. The van der Waals surface area contributed by atoms with Gasteiger partial charge in [0.25, 0.3) is 0 Å². The van der Waals surface area contributed by atoms with Gasteiger partial charge in [0.15, 0.2) is 0 Å². The van der Waals surface area contributed by atoms with E-state index in [0.29, 0.717) is 16.9 Å². The number of nitrogens with two attached hydrogens (primary N) is 1. The van der Waals surface area contributed by atoms with Crippen LogP contribution in [0.15, 0.2) is 18.2 Å². The van der Waals surface area contributed by atoms with Gasteiger partial charge in [0.2, 0.25) is 5.91 Å². The molecule has 0 saturated heterocycles. The summed E-state index contributed by atoms with van der Waals surface area (Å²) in [5, 5.41) is 9.07. The van der Waals surface area contributed by atoms with E-state index in [1.807, 2.05) is 20.8 Å². The summed E-state index contributed by atoms with van der Waals surface area (Å²) in [5.41, 5.74) is 6.55. The normalized spacial score (nSPS) is 13.3. The highest BCUT2D eigenvalue weighted by atomic mass is 16.4. The van der Waals surface area contributed by atoms with Crippen molar-refractivity contribution in [3.05, 3.63) is 29.6 Å². The van der Waals surface area contributed by atoms with E-state index < -0.39 is 17.9 Å². The van der Waals surface area contributed by atoms with Crippen molar-refractivity contribution >= 4 is 22.9 Å². The molecule has 1 atom stereocenters. The number of imidazole rings is 1. The Balaban J connectivity index is 2.79. The van der Waals surface area contributed by atoms with Gasteiger partial charge < -0.3 is 15.4 Å². The van der Waals surface area contributed by atoms with Crippen LogP contribution < -0.4 is 5.73 Å². The summed E-state index contributed by atoms with van der Waals surface area (Å²) in [5.74, 6) is -0.764. The van der Waals surface area contributed by atoms with Gasteiger partial charge in [0.1, 0.15) is 11.9 Å². The predicted octanol–water partition coefficient (Wildman–Crippen LogP) is 2.08. The lowest BCUT2D eigenvalue weighted by Gasteiger charge is -2.22. The van der Waals surface area contributed by atoms with Crippen molar-refractivity contribution in [2.24, 2.45) is 5.73 Å². The van der Waals surface area contributed by atoms with Gasteiger partial charge in [-0.05, 0) is 25.1 Å². The molecule has 112 valence electrons. The lowest BCUT2D eigenvalue weighted by molar-refractivity contribution is -0.120. The van der Waals surface area contributed by atoms with Gasteiger partial charge in [0, 0.05) is 5.41 Å². The van der Waals surface area contributed by atoms with Crippen LogP contribution in [0.5, 0.6) is 0 Å². The molecular weight excluding hydrogens is 270 g/mol. The van der Waals surface area contributed by atoms with Crippen molar-refractivity contribution in [2.75, 3.05) is 0 Å². The zero-order valence-electron chi connectivity index (χ0n) is 12.5. The van der Waals surface area contributed by atoms with E-state index in [1.54, 1.807) is 17.6 Å². The number of nitrogens with zero attached hydrogens (tertiary/aromatic N) is 2. The Labute approximate surface area is 122 Å². The Bertz CT molecular complexity index is 726. The van der Waals surface area contributed by atoms with Crippen LogP contribution in [0.3, 0.4) is 0 Å². The molecule has 0 radical (unpaired) electrons. The van der Waals surface area contributed by atoms with Gasteiger partial charge in [-0.2, -0.15) is 0 Å². The summed E-state index contributed by atoms with van der Waals surface area (Å²) >= 11 is 0. The Morgan fingerprint density at radius 3 is 2.43 bits per heavy atom. The summed E-state index contributed by atoms with van der Waals surface area (Å²) < 4.78 is 1.78. The number of amides is 1. The van der Waals surface area contributed by atoms with E-state index in [-0.39, 0.29) is 11.0 Å². The molecular formula is C15H19N3O3. The molecule has 1 amide bonds. The van der Waals surface area contributed by atoms with Crippen LogP contribution in [0, 0.1) is 0 Å². The maximum absolute atomic E-state index is 11.6. The summed E-state index contributed by atoms with van der Waals surface area (Å²) in [6.45, 7) is 7.66. The first-order chi connectivity index (χ1) is 9.62. The number of hydrogen-bond acceptors (Lipinski definition) is 3. The Morgan fingerprint density at radius 1 is 1.33 bits per heavy atom. The van der Waals surface area contributed by atoms with Crippen LogP contribution in [-0.2, 0) is 10.2 Å². The van der Waals surface area contributed by atoms with Crippen LogP contribution in [0.25, 0.3) is 11.0 Å². The minimum atomic E-state index is -1.01. The molecule has 0 fully saturated rings. The second-order valence-electron chi connectivity index (χ2n) is 6.14. The smallest absolute Gasteiger partial charge is 0.335 e. The van der Waals surface area contributed by atoms with E-state index in [1.165, 1.54) is 12.1 Å². The monoisotopic (exact) mass is 289 g/mol. The van der Waals surface area contributed by atoms with Crippen molar-refractivity contribution in [1.82, 2.24) is 9.55 Å². The van der Waals surface area contributed by atoms with E-state index in [9.17, 15) is 9.59 Å². The average Bonchev–Trinajstić information content (AvgIpc) is 2.75. The summed E-state index contributed by atoms with van der Waals surface area (Å²) in [6, 6.07) is 4.13. The maximum atomic E-state index is 11.6. The molecule has 0 aliphatic rings. The number of hydrogen-bond donors (Lipinski definition) is 2. The Hall–Kier alpha value is -2.37. The SMILES string of the molecule is CC(C(N)=O)n1c(C(C)(C)C)nc2cc(C(=O)O)ccc21. The molecule has 2 rings (SSSR count). The third-order valence-corrected chi connectivity index (χ3v) is 3.41. The Morgan fingerprint density at radius 2 is 1.95 bits per heavy atom. The number of carboxylic acid groups (broad SMARTS) is 1. The second kappa shape index (κ2) is 4.87. The maximum Gasteiger partial charge on any atom is 0.335 e. The highest BCUT2D eigenvalue weighted by Gasteiger charge is 2.27. The van der Waals surface area contributed by atoms with Gasteiger partial charge in [0.05, 0.1) is 16.6 Å². The van der Waals surface area contributed by atoms with Gasteiger partial charge in [-0.15, -0.1) is 0 Å². The number of aromatic nitrogens is 2. The molecule has 0 aliphatic carbocycles. The van der Waals surface area contributed by atoms with Gasteiger partial charge in [-0.1, -0.05) is 20.8 Å². The fraction of sp³-hybridized carbons (Fsp3) is 0.400. The van der Waals surface area contributed by atoms with Crippen molar-refractivity contribution in [2.45, 2.75) is 39.2 Å². The molecule has 3 N–H and O–H groups in total. The fourth-order valence-electron chi connectivity index (χ4n) is 2.28. The lowest BCUT2D eigenvalue weighted by atomic mass is 9.95. The van der Waals surface area contributed by atoms with Crippen molar-refractivity contribution < 1.29 is 14.7 Å². The average molecular weight is 289 g/mol. The zero-order valence-corrected chi connectivity index (χ0v) is 12.5. The third kappa shape index (κ3) is 2.61. The van der Waals surface area contributed by atoms with E-state index in [4.69, 9.17) is 10.8 Å². The number of carbonyl (C=O) groups is 2. The number of benzene rings is 1. The van der Waals surface area contributed by atoms with Gasteiger partial charge in [-0.25, -0.2) is 9.78 Å². The zero-order chi connectivity index (χ0) is 15.9. The van der Waals surface area contributed by atoms with E-state index in [0.717, 1.165) is 0 Å². The molecule has 0 spiro atoms. The molecule has 0 aliphatic heterocycles. The van der Waals surface area contributed by atoms with Crippen molar-refractivity contribution in [3.63, 3.8) is 0 Å². The minimum absolute atomic E-state index is 0.166. The van der Waals surface area contributed by atoms with E-state index in [2.05, 4.69) is 4.98 Å². The van der Waals surface area contributed by atoms with Crippen molar-refractivity contribution in [3.8, 4) is 0 Å². The lowest BCUT2D eigenvalue weighted by Crippen LogP contribution is -2.28. The minimum Gasteiger partial charge on any atom is -0.478 e. The van der Waals surface area contributed by atoms with Crippen molar-refractivity contribution in [1.29, 1.82) is 0 Å². The van der Waals surface area contributed by atoms with Crippen LogP contribution in [0.2, 0.25) is 0 Å². The van der Waals surface area contributed by atoms with Crippen LogP contribution in [0.1, 0.15) is 49.9 Å². The molecule has 1 unspecified atom stereocenters. The second-order valence-corrected chi connectivity index (χ2v) is 6.14. The predicted molar refractivity (Wildman–Crippen MR) is 79.3 cm³/mol. The topological polar surface area (TPSA) is 98.2 Å². The van der Waals surface area contributed by atoms with Gasteiger partial charge in [-0.3, -0.25) is 4.79 Å². The number of aromatic carboxylic acids is 1. The number of fused-ring (bicyclic) bond motifs is 1. The van der Waals surface area contributed by atoms with Crippen LogP contribution >= 0.6 is 0 Å². The summed E-state index contributed by atoms with van der Waals surface area (Å²) in [4.78, 5) is 27.2. The molecule has 2 aromatic rings. The Kier molecular flexibility index (Phi) is 3.49. The van der Waals surface area contributed by atoms with Crippen LogP contribution in [0.4, 0.5) is 0 Å². The first-order valence-corrected chi connectivity index (χ1v) is 6.68. The number of rotatable bonds is 3. The third-order valence-electron chi connectivity index (χ3n) is 3.41. The molecule has 6 heteroatoms. The molecule has 0 saturated carbocycles. The molecule has 21 heavy (non-hydrogen) atoms. The quantitative estimate of drug-likeness (QED) is 0.903. The standard InChI is InChI=1S/C15H19N3O3/c1-8(12(16)19)18-11-6-5-9(13(20)21)7-10(11)17-14(18)15(2,3)4/h5-8H,1-4H3,(H2,16,19)(H,20,21). The molecule has 1 heterocycles. The number of carboxylic acids is 1. The highest BCUT2D eigenvalue weighted by molar-refractivity contribution is 5.93. The number of primary amides is 1. The molecule has 6 nitrogen and oxygen atoms in total. The molecule has 1 aromatic carbocycles. The molecule has 0 bridgehead atoms. The highest BCUT2D eigenvalue weighted by Crippen LogP contribution is 2.30. The fourth-order valence-corrected chi connectivity index (χ4v) is 2.28.